The molecule has 6 nitrogen and oxygen atoms in total. The van der Waals surface area contributed by atoms with E-state index in [0.717, 1.165) is 23.9 Å². The molecule has 32 heavy (non-hydrogen) atoms. The molecule has 0 saturated carbocycles. The number of pyridine rings is 1. The normalized spacial score (nSPS) is 20.8. The van der Waals surface area contributed by atoms with Crippen molar-refractivity contribution < 1.29 is 15.0 Å². The minimum atomic E-state index is -1.93. The molecule has 1 aliphatic heterocycles. The number of aliphatic hydroxyl groups excluding tert-OH is 1. The Morgan fingerprint density at radius 1 is 1.19 bits per heavy atom. The standard InChI is InChI=1S/C25H41N3O3Si/c1-8-11-25(12-9-13-27(25)24(30)31)22(29)21-15-20-10-14-28(23(20)26-16-21)32(17(2)3,18(4)5)19(6)7/h10,14-19,22,29H,8-9,11-13H2,1-7H3,(H,30,31). The zero-order valence-electron chi connectivity index (χ0n) is 20.8. The molecule has 3 heterocycles. The van der Waals surface area contributed by atoms with Gasteiger partial charge < -0.3 is 14.4 Å². The van der Waals surface area contributed by atoms with Gasteiger partial charge in [0.05, 0.1) is 5.54 Å². The Morgan fingerprint density at radius 3 is 2.34 bits per heavy atom. The number of carboxylic acid groups (broad SMARTS) is 1. The first-order valence-electron chi connectivity index (χ1n) is 12.2. The van der Waals surface area contributed by atoms with E-state index in [9.17, 15) is 15.0 Å². The lowest BCUT2D eigenvalue weighted by atomic mass is 9.81. The highest BCUT2D eigenvalue weighted by molar-refractivity contribution is 6.82. The summed E-state index contributed by atoms with van der Waals surface area (Å²) in [5.74, 6) is 0. The molecule has 2 aromatic rings. The van der Waals surface area contributed by atoms with Gasteiger partial charge in [-0.2, -0.15) is 0 Å². The van der Waals surface area contributed by atoms with E-state index in [4.69, 9.17) is 4.98 Å². The molecular formula is C25H41N3O3Si. The highest BCUT2D eigenvalue weighted by Crippen LogP contribution is 2.46. The van der Waals surface area contributed by atoms with Gasteiger partial charge in [-0.1, -0.05) is 54.9 Å². The Hall–Kier alpha value is -1.86. The predicted molar refractivity (Wildman–Crippen MR) is 133 cm³/mol. The van der Waals surface area contributed by atoms with Crippen LogP contribution in [-0.4, -0.2) is 50.7 Å². The molecule has 1 aliphatic rings. The fraction of sp³-hybridized carbons (Fsp3) is 0.680. The van der Waals surface area contributed by atoms with Crippen molar-refractivity contribution in [3.63, 3.8) is 0 Å². The molecule has 2 atom stereocenters. The molecule has 0 bridgehead atoms. The van der Waals surface area contributed by atoms with Gasteiger partial charge in [-0.3, -0.25) is 4.90 Å². The Kier molecular flexibility index (Phi) is 7.10. The molecule has 0 radical (unpaired) electrons. The fourth-order valence-electron chi connectivity index (χ4n) is 6.95. The fourth-order valence-corrected chi connectivity index (χ4v) is 13.5. The van der Waals surface area contributed by atoms with Crippen molar-refractivity contribution in [2.45, 2.75) is 102 Å². The van der Waals surface area contributed by atoms with E-state index in [-0.39, 0.29) is 0 Å². The maximum Gasteiger partial charge on any atom is 0.407 e. The van der Waals surface area contributed by atoms with Gasteiger partial charge in [0.25, 0.3) is 0 Å². The lowest BCUT2D eigenvalue weighted by molar-refractivity contribution is -0.00838. The van der Waals surface area contributed by atoms with Crippen LogP contribution in [0, 0.1) is 0 Å². The SMILES string of the molecule is CCCC1(C(O)c2cnc3c(ccn3[Si](C(C)C)(C(C)C)C(C)C)c2)CCCN1C(=O)O. The first kappa shape index (κ1) is 24.8. The molecule has 1 fully saturated rings. The van der Waals surface area contributed by atoms with Crippen LogP contribution in [0.3, 0.4) is 0 Å². The highest BCUT2D eigenvalue weighted by atomic mass is 28.3. The summed E-state index contributed by atoms with van der Waals surface area (Å²) in [5, 5.41) is 22.3. The summed E-state index contributed by atoms with van der Waals surface area (Å²) in [7, 11) is -1.93. The number of likely N-dealkylation sites (tertiary alicyclic amines) is 1. The van der Waals surface area contributed by atoms with Gasteiger partial charge in [-0.25, -0.2) is 9.78 Å². The van der Waals surface area contributed by atoms with E-state index >= 15 is 0 Å². The van der Waals surface area contributed by atoms with Crippen molar-refractivity contribution in [2.24, 2.45) is 0 Å². The number of hydrogen-bond donors (Lipinski definition) is 2. The molecule has 3 rings (SSSR count). The van der Waals surface area contributed by atoms with Crippen LogP contribution in [0.25, 0.3) is 11.0 Å². The van der Waals surface area contributed by atoms with Crippen LogP contribution in [0.2, 0.25) is 16.6 Å². The van der Waals surface area contributed by atoms with Crippen molar-refractivity contribution in [3.05, 3.63) is 30.1 Å². The van der Waals surface area contributed by atoms with Crippen LogP contribution in [0.1, 0.15) is 85.8 Å². The van der Waals surface area contributed by atoms with Crippen LogP contribution in [0.15, 0.2) is 24.5 Å². The average molecular weight is 460 g/mol. The number of aromatic nitrogens is 2. The molecule has 2 aromatic heterocycles. The Balaban J connectivity index is 2.10. The van der Waals surface area contributed by atoms with Gasteiger partial charge in [-0.05, 0) is 54.2 Å². The molecule has 7 heteroatoms. The van der Waals surface area contributed by atoms with Crippen molar-refractivity contribution >= 4 is 25.4 Å². The number of aliphatic hydroxyl groups is 1. The number of rotatable bonds is 8. The molecule has 178 valence electrons. The molecule has 0 aromatic carbocycles. The third-order valence-corrected chi connectivity index (χ3v) is 14.8. The topological polar surface area (TPSA) is 78.6 Å². The van der Waals surface area contributed by atoms with E-state index in [1.165, 1.54) is 4.90 Å². The Morgan fingerprint density at radius 2 is 1.81 bits per heavy atom. The lowest BCUT2D eigenvalue weighted by Gasteiger charge is -2.44. The van der Waals surface area contributed by atoms with Crippen LogP contribution in [0.5, 0.6) is 0 Å². The Bertz CT molecular complexity index is 933. The van der Waals surface area contributed by atoms with Crippen LogP contribution < -0.4 is 0 Å². The van der Waals surface area contributed by atoms with Crippen LogP contribution in [0.4, 0.5) is 4.79 Å². The van der Waals surface area contributed by atoms with E-state index in [0.29, 0.717) is 41.6 Å². The quantitative estimate of drug-likeness (QED) is 0.447. The number of amides is 1. The summed E-state index contributed by atoms with van der Waals surface area (Å²) in [5.41, 5.74) is 2.59. The number of nitrogens with zero attached hydrogens (tertiary/aromatic N) is 3. The molecule has 0 aliphatic carbocycles. The first-order chi connectivity index (χ1) is 15.0. The maximum absolute atomic E-state index is 11.9. The largest absolute Gasteiger partial charge is 0.465 e. The summed E-state index contributed by atoms with van der Waals surface area (Å²) in [6, 6.07) is 4.14. The van der Waals surface area contributed by atoms with E-state index < -0.39 is 26.0 Å². The zero-order valence-corrected chi connectivity index (χ0v) is 21.8. The third-order valence-electron chi connectivity index (χ3n) is 8.01. The van der Waals surface area contributed by atoms with E-state index in [2.05, 4.69) is 58.0 Å². The minimum Gasteiger partial charge on any atom is -0.465 e. The smallest absolute Gasteiger partial charge is 0.407 e. The van der Waals surface area contributed by atoms with Crippen molar-refractivity contribution in [1.29, 1.82) is 0 Å². The number of fused-ring (bicyclic) bond motifs is 1. The third kappa shape index (κ3) is 3.67. The van der Waals surface area contributed by atoms with Crippen molar-refractivity contribution in [1.82, 2.24) is 14.1 Å². The maximum atomic E-state index is 11.9. The second-order valence-corrected chi connectivity index (χ2v) is 16.2. The van der Waals surface area contributed by atoms with Crippen LogP contribution in [-0.2, 0) is 0 Å². The van der Waals surface area contributed by atoms with Crippen LogP contribution >= 0.6 is 0 Å². The van der Waals surface area contributed by atoms with Crippen molar-refractivity contribution in [2.75, 3.05) is 6.54 Å². The van der Waals surface area contributed by atoms with Gasteiger partial charge in [0.2, 0.25) is 0 Å². The van der Waals surface area contributed by atoms with Crippen molar-refractivity contribution in [3.8, 4) is 0 Å². The number of hydrogen-bond acceptors (Lipinski definition) is 3. The molecule has 1 amide bonds. The lowest BCUT2D eigenvalue weighted by Crippen LogP contribution is -2.51. The van der Waals surface area contributed by atoms with Gasteiger partial charge in [0, 0.05) is 23.7 Å². The van der Waals surface area contributed by atoms with Gasteiger partial charge in [0.15, 0.2) is 8.24 Å². The molecular weight excluding hydrogens is 418 g/mol. The summed E-state index contributed by atoms with van der Waals surface area (Å²) in [4.78, 5) is 18.3. The first-order valence-corrected chi connectivity index (χ1v) is 14.4. The minimum absolute atomic E-state index is 0.476. The summed E-state index contributed by atoms with van der Waals surface area (Å²) in [6.07, 6.45) is 5.06. The zero-order chi connectivity index (χ0) is 23.8. The second-order valence-electron chi connectivity index (χ2n) is 10.5. The summed E-state index contributed by atoms with van der Waals surface area (Å²) >= 11 is 0. The molecule has 2 N–H and O–H groups in total. The van der Waals surface area contributed by atoms with E-state index in [1.807, 2.05) is 13.0 Å². The number of carbonyl (C=O) groups is 1. The second kappa shape index (κ2) is 9.18. The monoisotopic (exact) mass is 459 g/mol. The van der Waals surface area contributed by atoms with Gasteiger partial charge in [0.1, 0.15) is 11.8 Å². The molecule has 0 spiro atoms. The summed E-state index contributed by atoms with van der Waals surface area (Å²) < 4.78 is 2.47. The molecule has 2 unspecified atom stereocenters. The van der Waals surface area contributed by atoms with Gasteiger partial charge >= 0.3 is 6.09 Å². The highest BCUT2D eigenvalue weighted by Gasteiger charge is 2.49. The van der Waals surface area contributed by atoms with E-state index in [1.54, 1.807) is 6.20 Å². The summed E-state index contributed by atoms with van der Waals surface area (Å²) in [6.45, 7) is 16.6. The molecule has 1 saturated heterocycles. The van der Waals surface area contributed by atoms with Gasteiger partial charge in [-0.15, -0.1) is 0 Å². The predicted octanol–water partition coefficient (Wildman–Crippen LogP) is 6.41. The Labute approximate surface area is 193 Å². The average Bonchev–Trinajstić information content (AvgIpc) is 3.32.